The highest BCUT2D eigenvalue weighted by Gasteiger charge is 2.59. The lowest BCUT2D eigenvalue weighted by Crippen LogP contribution is -2.58. The Balaban J connectivity index is 1.68. The molecule has 0 aromatic heterocycles. The van der Waals surface area contributed by atoms with Crippen LogP contribution >= 0.6 is 0 Å². The van der Waals surface area contributed by atoms with E-state index in [-0.39, 0.29) is 0 Å². The Morgan fingerprint density at radius 2 is 2.00 bits per heavy atom. The highest BCUT2D eigenvalue weighted by atomic mass is 16.5. The summed E-state index contributed by atoms with van der Waals surface area (Å²) in [6, 6.07) is 0.472. The topological polar surface area (TPSA) is 21.3 Å². The first-order chi connectivity index (χ1) is 9.12. The van der Waals surface area contributed by atoms with Crippen molar-refractivity contribution in [1.82, 2.24) is 5.32 Å². The molecule has 1 N–H and O–H groups in total. The quantitative estimate of drug-likeness (QED) is 0.839. The zero-order valence-corrected chi connectivity index (χ0v) is 12.4. The van der Waals surface area contributed by atoms with E-state index in [0.717, 1.165) is 24.9 Å². The summed E-state index contributed by atoms with van der Waals surface area (Å²) in [6.07, 6.45) is 12.2. The molecule has 4 bridgehead atoms. The van der Waals surface area contributed by atoms with Gasteiger partial charge in [0.2, 0.25) is 0 Å². The van der Waals surface area contributed by atoms with Gasteiger partial charge in [-0.1, -0.05) is 6.92 Å². The zero-order chi connectivity index (χ0) is 13.1. The van der Waals surface area contributed by atoms with Crippen LogP contribution in [0.1, 0.15) is 51.9 Å². The van der Waals surface area contributed by atoms with Crippen LogP contribution in [0, 0.1) is 22.7 Å². The normalized spacial score (nSPS) is 49.1. The first-order valence-electron chi connectivity index (χ1n) is 8.13. The van der Waals surface area contributed by atoms with Gasteiger partial charge in [-0.05, 0) is 74.3 Å². The van der Waals surface area contributed by atoms with Crippen LogP contribution in [0.15, 0.2) is 11.8 Å². The summed E-state index contributed by atoms with van der Waals surface area (Å²) in [6.45, 7) is 3.45. The summed E-state index contributed by atoms with van der Waals surface area (Å²) in [5, 5.41) is 3.62. The lowest BCUT2D eigenvalue weighted by Gasteiger charge is -2.63. The predicted molar refractivity (Wildman–Crippen MR) is 76.7 cm³/mol. The monoisotopic (exact) mass is 261 g/mol. The van der Waals surface area contributed by atoms with Crippen LogP contribution in [0.2, 0.25) is 0 Å². The van der Waals surface area contributed by atoms with Gasteiger partial charge in [-0.15, -0.1) is 0 Å². The van der Waals surface area contributed by atoms with E-state index in [4.69, 9.17) is 4.74 Å². The molecular weight excluding hydrogens is 234 g/mol. The van der Waals surface area contributed by atoms with Crippen LogP contribution in [0.5, 0.6) is 0 Å². The molecule has 0 radical (unpaired) electrons. The molecule has 2 heteroatoms. The van der Waals surface area contributed by atoms with E-state index >= 15 is 0 Å². The Hall–Kier alpha value is -0.500. The van der Waals surface area contributed by atoms with Crippen molar-refractivity contribution in [2.24, 2.45) is 22.7 Å². The van der Waals surface area contributed by atoms with Crippen molar-refractivity contribution >= 4 is 0 Å². The molecular formula is C17H27NO. The predicted octanol–water partition coefficient (Wildman–Crippen LogP) is 3.49. The molecule has 4 fully saturated rings. The van der Waals surface area contributed by atoms with Crippen molar-refractivity contribution in [3.05, 3.63) is 11.8 Å². The Kier molecular flexibility index (Phi) is 2.58. The van der Waals surface area contributed by atoms with Gasteiger partial charge >= 0.3 is 0 Å². The number of likely N-dealkylation sites (N-methyl/N-ethyl adjacent to an activating group) is 1. The number of nitrogens with one attached hydrogen (secondary N) is 1. The van der Waals surface area contributed by atoms with E-state index in [0.29, 0.717) is 16.9 Å². The second-order valence-electron chi connectivity index (χ2n) is 8.10. The first-order valence-corrected chi connectivity index (χ1v) is 8.13. The SMILES string of the molecule is CNC(C1=CCCO1)C12CC3CC(CC(C)(C3)C1)C2. The number of rotatable bonds is 3. The summed E-state index contributed by atoms with van der Waals surface area (Å²) in [4.78, 5) is 0. The molecule has 106 valence electrons. The zero-order valence-electron chi connectivity index (χ0n) is 12.4. The largest absolute Gasteiger partial charge is 0.496 e. The standard InChI is InChI=1S/C17H27NO/c1-16-7-12-6-13(8-16)10-17(9-12,11-16)15(18-2)14-4-3-5-19-14/h4,12-13,15,18H,3,5-11H2,1-2H3. The van der Waals surface area contributed by atoms with Crippen LogP contribution < -0.4 is 5.32 Å². The first kappa shape index (κ1) is 12.3. The highest BCUT2D eigenvalue weighted by molar-refractivity contribution is 5.19. The minimum Gasteiger partial charge on any atom is -0.496 e. The average molecular weight is 261 g/mol. The van der Waals surface area contributed by atoms with Crippen molar-refractivity contribution in [3.8, 4) is 0 Å². The maximum atomic E-state index is 5.93. The molecule has 4 saturated carbocycles. The van der Waals surface area contributed by atoms with Gasteiger partial charge in [-0.25, -0.2) is 0 Å². The summed E-state index contributed by atoms with van der Waals surface area (Å²) >= 11 is 0. The second-order valence-corrected chi connectivity index (χ2v) is 8.10. The fraction of sp³-hybridized carbons (Fsp3) is 0.882. The van der Waals surface area contributed by atoms with E-state index in [1.165, 1.54) is 44.3 Å². The van der Waals surface area contributed by atoms with E-state index in [9.17, 15) is 0 Å². The smallest absolute Gasteiger partial charge is 0.110 e. The van der Waals surface area contributed by atoms with Gasteiger partial charge in [0.1, 0.15) is 5.76 Å². The van der Waals surface area contributed by atoms with Crippen molar-refractivity contribution in [3.63, 3.8) is 0 Å². The number of ether oxygens (including phenoxy) is 1. The molecule has 3 unspecified atom stereocenters. The fourth-order valence-corrected chi connectivity index (χ4v) is 6.52. The van der Waals surface area contributed by atoms with Crippen LogP contribution in [0.4, 0.5) is 0 Å². The van der Waals surface area contributed by atoms with Crippen LogP contribution in [0.3, 0.4) is 0 Å². The third kappa shape index (κ3) is 1.79. The molecule has 2 nitrogen and oxygen atoms in total. The van der Waals surface area contributed by atoms with E-state index in [2.05, 4.69) is 25.4 Å². The molecule has 1 heterocycles. The van der Waals surface area contributed by atoms with Gasteiger partial charge in [0.25, 0.3) is 0 Å². The third-order valence-corrected chi connectivity index (χ3v) is 6.32. The molecule has 5 aliphatic rings. The highest BCUT2D eigenvalue weighted by Crippen LogP contribution is 2.66. The Morgan fingerprint density at radius 1 is 1.26 bits per heavy atom. The van der Waals surface area contributed by atoms with Crippen molar-refractivity contribution < 1.29 is 4.74 Å². The molecule has 0 saturated heterocycles. The number of hydrogen-bond acceptors (Lipinski definition) is 2. The summed E-state index contributed by atoms with van der Waals surface area (Å²) < 4.78 is 5.93. The van der Waals surface area contributed by atoms with E-state index < -0.39 is 0 Å². The lowest BCUT2D eigenvalue weighted by atomic mass is 9.43. The summed E-state index contributed by atoms with van der Waals surface area (Å²) in [5.74, 6) is 3.24. The average Bonchev–Trinajstić information content (AvgIpc) is 2.79. The van der Waals surface area contributed by atoms with Crippen LogP contribution in [-0.4, -0.2) is 19.7 Å². The molecule has 0 amide bonds. The summed E-state index contributed by atoms with van der Waals surface area (Å²) in [5.41, 5.74) is 1.11. The van der Waals surface area contributed by atoms with Gasteiger partial charge in [0.05, 0.1) is 12.6 Å². The van der Waals surface area contributed by atoms with E-state index in [1.54, 1.807) is 0 Å². The molecule has 1 aliphatic heterocycles. The Labute approximate surface area is 117 Å². The van der Waals surface area contributed by atoms with Gasteiger partial charge in [0, 0.05) is 6.42 Å². The maximum Gasteiger partial charge on any atom is 0.110 e. The van der Waals surface area contributed by atoms with Gasteiger partial charge in [-0.2, -0.15) is 0 Å². The second kappa shape index (κ2) is 4.00. The molecule has 5 rings (SSSR count). The lowest BCUT2D eigenvalue weighted by molar-refractivity contribution is -0.117. The van der Waals surface area contributed by atoms with E-state index in [1.807, 2.05) is 0 Å². The molecule has 0 aromatic rings. The molecule has 19 heavy (non-hydrogen) atoms. The molecule has 0 aromatic carbocycles. The minimum atomic E-state index is 0.472. The van der Waals surface area contributed by atoms with Crippen molar-refractivity contribution in [2.45, 2.75) is 57.9 Å². The Morgan fingerprint density at radius 3 is 2.53 bits per heavy atom. The third-order valence-electron chi connectivity index (χ3n) is 6.32. The van der Waals surface area contributed by atoms with Crippen molar-refractivity contribution in [1.29, 1.82) is 0 Å². The molecule has 0 spiro atoms. The Bertz CT molecular complexity index is 399. The minimum absolute atomic E-state index is 0.472. The van der Waals surface area contributed by atoms with Gasteiger partial charge < -0.3 is 10.1 Å². The summed E-state index contributed by atoms with van der Waals surface area (Å²) in [7, 11) is 2.13. The van der Waals surface area contributed by atoms with Crippen LogP contribution in [0.25, 0.3) is 0 Å². The number of hydrogen-bond donors (Lipinski definition) is 1. The maximum absolute atomic E-state index is 5.93. The van der Waals surface area contributed by atoms with Crippen LogP contribution in [-0.2, 0) is 4.74 Å². The van der Waals surface area contributed by atoms with Gasteiger partial charge in [-0.3, -0.25) is 0 Å². The van der Waals surface area contributed by atoms with Crippen molar-refractivity contribution in [2.75, 3.05) is 13.7 Å². The van der Waals surface area contributed by atoms with Gasteiger partial charge in [0.15, 0.2) is 0 Å². The molecule has 4 aliphatic carbocycles. The molecule has 3 atom stereocenters. The fourth-order valence-electron chi connectivity index (χ4n) is 6.52.